The highest BCUT2D eigenvalue weighted by atomic mass is 15.4. The number of piperidine rings is 2. The smallest absolute Gasteiger partial charge is 0.233 e. The van der Waals surface area contributed by atoms with Crippen molar-refractivity contribution >= 4 is 23.5 Å². The zero-order valence-electron chi connectivity index (χ0n) is 17.5. The Morgan fingerprint density at radius 3 is 1.84 bits per heavy atom. The number of nitrogens with two attached hydrogens (primary N) is 4. The molecular weight excluding hydrogens is 392 g/mol. The molecule has 2 aliphatic heterocycles. The van der Waals surface area contributed by atoms with Gasteiger partial charge in [0.2, 0.25) is 17.8 Å². The van der Waals surface area contributed by atoms with Crippen LogP contribution >= 0.6 is 0 Å². The van der Waals surface area contributed by atoms with Gasteiger partial charge < -0.3 is 38.1 Å². The molecule has 0 amide bonds. The summed E-state index contributed by atoms with van der Waals surface area (Å²) in [7, 11) is 0. The summed E-state index contributed by atoms with van der Waals surface area (Å²) in [6.45, 7) is 2.51. The average Bonchev–Trinajstić information content (AvgIpc) is 2.72. The van der Waals surface area contributed by atoms with Crippen molar-refractivity contribution in [3.05, 3.63) is 29.8 Å². The van der Waals surface area contributed by atoms with E-state index in [1.807, 2.05) is 34.1 Å². The van der Waals surface area contributed by atoms with Gasteiger partial charge in [0.25, 0.3) is 0 Å². The molecule has 0 aliphatic carbocycles. The monoisotopic (exact) mass is 422 g/mol. The van der Waals surface area contributed by atoms with E-state index in [4.69, 9.17) is 34.3 Å². The predicted octanol–water partition coefficient (Wildman–Crippen LogP) is -0.674. The fraction of sp³-hybridized carbons (Fsp3) is 0.476. The maximum Gasteiger partial charge on any atom is 0.233 e. The highest BCUT2D eigenvalue weighted by molar-refractivity contribution is 5.59. The third-order valence-corrected chi connectivity index (χ3v) is 5.49. The summed E-state index contributed by atoms with van der Waals surface area (Å²) in [4.78, 5) is 18.1. The maximum absolute atomic E-state index is 6.19. The van der Waals surface area contributed by atoms with Crippen LogP contribution in [0.4, 0.5) is 23.5 Å². The number of benzene rings is 1. The van der Waals surface area contributed by atoms with E-state index in [9.17, 15) is 0 Å². The van der Waals surface area contributed by atoms with Crippen LogP contribution < -0.4 is 38.1 Å². The first-order valence-electron chi connectivity index (χ1n) is 10.5. The van der Waals surface area contributed by atoms with Crippen LogP contribution in [-0.4, -0.2) is 65.3 Å². The summed E-state index contributed by atoms with van der Waals surface area (Å²) in [6, 6.07) is 7.36. The van der Waals surface area contributed by atoms with E-state index in [-0.39, 0.29) is 24.2 Å². The van der Waals surface area contributed by atoms with Gasteiger partial charge in [-0.05, 0) is 31.0 Å². The van der Waals surface area contributed by atoms with E-state index in [0.717, 1.165) is 24.1 Å². The minimum absolute atomic E-state index is 0.0375. The molecule has 0 radical (unpaired) electrons. The van der Waals surface area contributed by atoms with E-state index in [0.29, 0.717) is 44.0 Å². The molecule has 0 bridgehead atoms. The van der Waals surface area contributed by atoms with E-state index >= 15 is 0 Å². The van der Waals surface area contributed by atoms with Crippen LogP contribution in [0.1, 0.15) is 18.4 Å². The summed E-state index contributed by atoms with van der Waals surface area (Å²) in [6.07, 6.45) is 7.07. The van der Waals surface area contributed by atoms with Crippen molar-refractivity contribution in [2.24, 2.45) is 22.9 Å². The molecule has 10 nitrogen and oxygen atoms in total. The summed E-state index contributed by atoms with van der Waals surface area (Å²) in [5, 5.41) is 3.25. The molecule has 164 valence electrons. The molecule has 4 atom stereocenters. The highest BCUT2D eigenvalue weighted by Crippen LogP contribution is 2.24. The van der Waals surface area contributed by atoms with Crippen molar-refractivity contribution in [3.63, 3.8) is 0 Å². The van der Waals surface area contributed by atoms with Crippen LogP contribution in [0.25, 0.3) is 0 Å². The number of aromatic nitrogens is 3. The maximum atomic E-state index is 6.19. The number of rotatable bonds is 4. The molecule has 1 aromatic carbocycles. The fourth-order valence-corrected chi connectivity index (χ4v) is 4.19. The summed E-state index contributed by atoms with van der Waals surface area (Å²) < 4.78 is 0. The first kappa shape index (κ1) is 21.3. The van der Waals surface area contributed by atoms with Crippen LogP contribution in [0.5, 0.6) is 0 Å². The third kappa shape index (κ3) is 5.21. The number of nitrogens with one attached hydrogen (secondary N) is 1. The molecule has 0 unspecified atom stereocenters. The van der Waals surface area contributed by atoms with Gasteiger partial charge in [-0.1, -0.05) is 12.0 Å². The lowest BCUT2D eigenvalue weighted by atomic mass is 10.0. The highest BCUT2D eigenvalue weighted by Gasteiger charge is 2.28. The van der Waals surface area contributed by atoms with Gasteiger partial charge in [-0.2, -0.15) is 15.0 Å². The van der Waals surface area contributed by atoms with Gasteiger partial charge in [-0.15, -0.1) is 6.42 Å². The summed E-state index contributed by atoms with van der Waals surface area (Å²) in [5.74, 6) is 4.10. The molecule has 31 heavy (non-hydrogen) atoms. The molecule has 2 saturated heterocycles. The zero-order chi connectivity index (χ0) is 22.0. The first-order chi connectivity index (χ1) is 14.9. The topological polar surface area (TPSA) is 161 Å². The summed E-state index contributed by atoms with van der Waals surface area (Å²) in [5.41, 5.74) is 26.3. The van der Waals surface area contributed by atoms with Gasteiger partial charge in [0, 0.05) is 61.6 Å². The number of terminal acetylenes is 1. The lowest BCUT2D eigenvalue weighted by Crippen LogP contribution is -2.54. The second kappa shape index (κ2) is 9.03. The number of hydrogen-bond donors (Lipinski definition) is 5. The lowest BCUT2D eigenvalue weighted by molar-refractivity contribution is 0.441. The Kier molecular flexibility index (Phi) is 6.20. The van der Waals surface area contributed by atoms with Gasteiger partial charge in [0.1, 0.15) is 0 Å². The Bertz CT molecular complexity index is 893. The molecule has 10 heteroatoms. The number of hydrogen-bond acceptors (Lipinski definition) is 10. The largest absolute Gasteiger partial charge is 0.338 e. The average molecular weight is 423 g/mol. The number of anilines is 4. The Balaban J connectivity index is 1.68. The minimum atomic E-state index is -0.0375. The molecule has 2 fully saturated rings. The van der Waals surface area contributed by atoms with E-state index in [2.05, 4.69) is 21.2 Å². The van der Waals surface area contributed by atoms with Crippen LogP contribution in [-0.2, 0) is 0 Å². The summed E-state index contributed by atoms with van der Waals surface area (Å²) >= 11 is 0. The van der Waals surface area contributed by atoms with Gasteiger partial charge in [0.15, 0.2) is 0 Å². The molecule has 2 aromatic rings. The predicted molar refractivity (Wildman–Crippen MR) is 123 cm³/mol. The van der Waals surface area contributed by atoms with Crippen molar-refractivity contribution < 1.29 is 0 Å². The molecule has 9 N–H and O–H groups in total. The normalized spacial score (nSPS) is 26.4. The van der Waals surface area contributed by atoms with E-state index < -0.39 is 0 Å². The van der Waals surface area contributed by atoms with Gasteiger partial charge in [0.05, 0.1) is 0 Å². The second-order valence-electron chi connectivity index (χ2n) is 8.43. The molecule has 4 rings (SSSR count). The molecular formula is C21H30N10. The van der Waals surface area contributed by atoms with Crippen molar-refractivity contribution in [3.8, 4) is 12.3 Å². The van der Waals surface area contributed by atoms with Gasteiger partial charge >= 0.3 is 0 Å². The molecule has 3 heterocycles. The van der Waals surface area contributed by atoms with Crippen molar-refractivity contribution in [1.82, 2.24) is 15.0 Å². The second-order valence-corrected chi connectivity index (χ2v) is 8.43. The third-order valence-electron chi connectivity index (χ3n) is 5.49. The Morgan fingerprint density at radius 2 is 1.35 bits per heavy atom. The van der Waals surface area contributed by atoms with Gasteiger partial charge in [-0.25, -0.2) is 0 Å². The van der Waals surface area contributed by atoms with Crippen molar-refractivity contribution in [2.75, 3.05) is 41.3 Å². The Morgan fingerprint density at radius 1 is 0.839 bits per heavy atom. The standard InChI is InChI=1S/C21H30N10/c1-2-13-4-3-5-18(6-13)26-19-27-20(30-9-14(22)7-15(23)10-30)29-21(28-19)31-11-16(24)8-17(25)12-31/h1,3-6,14-17H,7-12,22-25H2,(H,26,27,28,29)/t14-,15+,16-,17+. The molecule has 0 saturated carbocycles. The Hall–Kier alpha value is -2.97. The Labute approximate surface area is 182 Å². The van der Waals surface area contributed by atoms with Gasteiger partial charge in [-0.3, -0.25) is 0 Å². The van der Waals surface area contributed by atoms with Crippen molar-refractivity contribution in [1.29, 1.82) is 0 Å². The first-order valence-corrected chi connectivity index (χ1v) is 10.5. The van der Waals surface area contributed by atoms with Crippen LogP contribution in [0.3, 0.4) is 0 Å². The SMILES string of the molecule is C#Cc1cccc(Nc2nc(N3C[C@H](N)C[C@H](N)C3)nc(N3C[C@H](N)C[C@H](N)C3)n2)c1. The van der Waals surface area contributed by atoms with Crippen molar-refractivity contribution in [2.45, 2.75) is 37.0 Å². The van der Waals surface area contributed by atoms with E-state index in [1.165, 1.54) is 0 Å². The minimum Gasteiger partial charge on any atom is -0.338 e. The molecule has 1 aromatic heterocycles. The lowest BCUT2D eigenvalue weighted by Gasteiger charge is -2.37. The number of nitrogens with zero attached hydrogens (tertiary/aromatic N) is 5. The molecule has 2 aliphatic rings. The fourth-order valence-electron chi connectivity index (χ4n) is 4.19. The van der Waals surface area contributed by atoms with Crippen LogP contribution in [0, 0.1) is 12.3 Å². The van der Waals surface area contributed by atoms with Crippen LogP contribution in [0.2, 0.25) is 0 Å². The van der Waals surface area contributed by atoms with Crippen LogP contribution in [0.15, 0.2) is 24.3 Å². The zero-order valence-corrected chi connectivity index (χ0v) is 17.5. The van der Waals surface area contributed by atoms with E-state index in [1.54, 1.807) is 0 Å². The molecule has 0 spiro atoms. The quantitative estimate of drug-likeness (QED) is 0.399.